The van der Waals surface area contributed by atoms with E-state index in [2.05, 4.69) is 5.32 Å². The van der Waals surface area contributed by atoms with Crippen LogP contribution < -0.4 is 10.1 Å². The van der Waals surface area contributed by atoms with Crippen LogP contribution in [0.25, 0.3) is 0 Å². The summed E-state index contributed by atoms with van der Waals surface area (Å²) in [5.41, 5.74) is -0.416. The third-order valence-corrected chi connectivity index (χ3v) is 5.90. The zero-order valence-electron chi connectivity index (χ0n) is 13.5. The summed E-state index contributed by atoms with van der Waals surface area (Å²) in [7, 11) is -0.0125. The second kappa shape index (κ2) is 7.24. The molecule has 0 unspecified atom stereocenters. The molecule has 0 aliphatic rings. The van der Waals surface area contributed by atoms with Crippen LogP contribution in [0.2, 0.25) is 0 Å². The summed E-state index contributed by atoms with van der Waals surface area (Å²) in [6.07, 6.45) is 0.744. The van der Waals surface area contributed by atoms with Crippen molar-refractivity contribution in [2.24, 2.45) is 0 Å². The van der Waals surface area contributed by atoms with Gasteiger partial charge in [-0.25, -0.2) is 8.42 Å². The topological polar surface area (TPSA) is 58.6 Å². The number of hydrogen-bond donors (Lipinski definition) is 1. The number of nitrogens with one attached hydrogen (secondary N) is 1. The fourth-order valence-corrected chi connectivity index (χ4v) is 3.26. The summed E-state index contributed by atoms with van der Waals surface area (Å²) in [5.74, 6) is 0.668. The molecule has 0 heterocycles. The van der Waals surface area contributed by atoms with Crippen molar-refractivity contribution in [3.8, 4) is 5.75 Å². The van der Waals surface area contributed by atoms with E-state index in [0.29, 0.717) is 12.4 Å². The van der Waals surface area contributed by atoms with Gasteiger partial charge in [-0.1, -0.05) is 6.92 Å². The predicted molar refractivity (Wildman–Crippen MR) is 85.2 cm³/mol. The number of rotatable bonds is 8. The lowest BCUT2D eigenvalue weighted by Gasteiger charge is -2.33. The lowest BCUT2D eigenvalue weighted by Crippen LogP contribution is -2.44. The van der Waals surface area contributed by atoms with Gasteiger partial charge in [-0.15, -0.1) is 0 Å². The summed E-state index contributed by atoms with van der Waals surface area (Å²) < 4.78 is 32.1. The molecule has 0 fully saturated rings. The molecule has 0 aromatic heterocycles. The van der Waals surface area contributed by atoms with Crippen LogP contribution in [0.5, 0.6) is 5.75 Å². The first kappa shape index (κ1) is 17.9. The predicted octanol–water partition coefficient (Wildman–Crippen LogP) is 2.09. The zero-order chi connectivity index (χ0) is 16.1. The van der Waals surface area contributed by atoms with Crippen LogP contribution in [0, 0.1) is 0 Å². The van der Waals surface area contributed by atoms with Crippen molar-refractivity contribution in [1.82, 2.24) is 9.62 Å². The molecule has 0 aliphatic heterocycles. The minimum absolute atomic E-state index is 0.285. The van der Waals surface area contributed by atoms with Gasteiger partial charge in [0.25, 0.3) is 0 Å². The Morgan fingerprint density at radius 1 is 1.24 bits per heavy atom. The van der Waals surface area contributed by atoms with E-state index in [-0.39, 0.29) is 4.90 Å². The summed E-state index contributed by atoms with van der Waals surface area (Å²) in [6, 6.07) is 6.56. The van der Waals surface area contributed by atoms with Gasteiger partial charge in [0, 0.05) is 19.1 Å². The number of sulfonamides is 1. The Balaban J connectivity index is 2.90. The number of nitrogens with zero attached hydrogens (tertiary/aromatic N) is 1. The molecule has 0 radical (unpaired) electrons. The number of ether oxygens (including phenoxy) is 1. The van der Waals surface area contributed by atoms with Crippen molar-refractivity contribution in [2.75, 3.05) is 27.2 Å². The highest BCUT2D eigenvalue weighted by Crippen LogP contribution is 2.26. The Bertz CT molecular complexity index is 539. The van der Waals surface area contributed by atoms with E-state index in [1.54, 1.807) is 31.3 Å². The van der Waals surface area contributed by atoms with Gasteiger partial charge >= 0.3 is 0 Å². The zero-order valence-corrected chi connectivity index (χ0v) is 14.3. The highest BCUT2D eigenvalue weighted by Gasteiger charge is 2.32. The number of hydrogen-bond acceptors (Lipinski definition) is 4. The monoisotopic (exact) mass is 314 g/mol. The Hall–Kier alpha value is -1.11. The minimum atomic E-state index is -3.49. The van der Waals surface area contributed by atoms with Crippen LogP contribution in [-0.4, -0.2) is 45.5 Å². The Kier molecular flexibility index (Phi) is 6.19. The molecular formula is C15H26N2O3S. The average Bonchev–Trinajstić information content (AvgIpc) is 2.47. The second-order valence-corrected chi connectivity index (χ2v) is 7.53. The fourth-order valence-electron chi connectivity index (χ4n) is 1.68. The van der Waals surface area contributed by atoms with Crippen LogP contribution in [-0.2, 0) is 10.0 Å². The number of likely N-dealkylation sites (N-methyl/N-ethyl adjacent to an activating group) is 1. The van der Waals surface area contributed by atoms with Crippen molar-refractivity contribution >= 4 is 10.0 Å². The molecule has 120 valence electrons. The van der Waals surface area contributed by atoms with Gasteiger partial charge in [0.05, 0.1) is 4.90 Å². The van der Waals surface area contributed by atoms with E-state index in [4.69, 9.17) is 4.74 Å². The maximum Gasteiger partial charge on any atom is 0.243 e. The van der Waals surface area contributed by atoms with Crippen LogP contribution >= 0.6 is 0 Å². The van der Waals surface area contributed by atoms with Crippen molar-refractivity contribution in [3.63, 3.8) is 0 Å². The summed E-state index contributed by atoms with van der Waals surface area (Å²) in [6.45, 7) is 7.10. The van der Waals surface area contributed by atoms with E-state index < -0.39 is 15.6 Å². The quantitative estimate of drug-likeness (QED) is 0.747. The minimum Gasteiger partial charge on any atom is -0.492 e. The van der Waals surface area contributed by atoms with Gasteiger partial charge < -0.3 is 10.1 Å². The van der Waals surface area contributed by atoms with Crippen LogP contribution in [0.4, 0.5) is 0 Å². The van der Waals surface area contributed by atoms with Crippen LogP contribution in [0.3, 0.4) is 0 Å². The molecule has 0 amide bonds. The molecule has 21 heavy (non-hydrogen) atoms. The summed E-state index contributed by atoms with van der Waals surface area (Å²) >= 11 is 0. The molecule has 5 nitrogen and oxygen atoms in total. The summed E-state index contributed by atoms with van der Waals surface area (Å²) in [5, 5.41) is 2.98. The molecular weight excluding hydrogens is 288 g/mol. The standard InChI is InChI=1S/C15H26N2O3S/c1-6-15(2,3)17(5)21(18,19)14-9-7-13(8-10-14)20-12-11-16-4/h7-10,16H,6,11-12H2,1-5H3. The third-order valence-electron chi connectivity index (χ3n) is 3.82. The molecule has 0 saturated carbocycles. The van der Waals surface area contributed by atoms with Crippen molar-refractivity contribution in [3.05, 3.63) is 24.3 Å². The highest BCUT2D eigenvalue weighted by molar-refractivity contribution is 7.89. The smallest absolute Gasteiger partial charge is 0.243 e. The van der Waals surface area contributed by atoms with Gasteiger partial charge in [-0.2, -0.15) is 4.31 Å². The molecule has 0 atom stereocenters. The van der Waals surface area contributed by atoms with Gasteiger partial charge in [0.1, 0.15) is 12.4 Å². The van der Waals surface area contributed by atoms with Crippen LogP contribution in [0.15, 0.2) is 29.2 Å². The first-order valence-electron chi connectivity index (χ1n) is 7.12. The molecule has 6 heteroatoms. The van der Waals surface area contributed by atoms with Gasteiger partial charge in [-0.05, 0) is 51.6 Å². The van der Waals surface area contributed by atoms with Gasteiger partial charge in [-0.3, -0.25) is 0 Å². The van der Waals surface area contributed by atoms with Crippen LogP contribution in [0.1, 0.15) is 27.2 Å². The van der Waals surface area contributed by atoms with E-state index in [1.165, 1.54) is 4.31 Å². The first-order valence-corrected chi connectivity index (χ1v) is 8.56. The lowest BCUT2D eigenvalue weighted by molar-refractivity contribution is 0.257. The van der Waals surface area contributed by atoms with E-state index >= 15 is 0 Å². The molecule has 1 aromatic carbocycles. The fraction of sp³-hybridized carbons (Fsp3) is 0.600. The maximum atomic E-state index is 12.6. The Labute approximate surface area is 128 Å². The van der Waals surface area contributed by atoms with Crippen molar-refractivity contribution in [2.45, 2.75) is 37.6 Å². The maximum absolute atomic E-state index is 12.6. The van der Waals surface area contributed by atoms with Gasteiger partial charge in [0.15, 0.2) is 0 Å². The van der Waals surface area contributed by atoms with E-state index in [0.717, 1.165) is 13.0 Å². The molecule has 0 saturated heterocycles. The lowest BCUT2D eigenvalue weighted by atomic mass is 10.0. The van der Waals surface area contributed by atoms with E-state index in [1.807, 2.05) is 27.8 Å². The first-order chi connectivity index (χ1) is 9.75. The summed E-state index contributed by atoms with van der Waals surface area (Å²) in [4.78, 5) is 0.285. The molecule has 0 spiro atoms. The van der Waals surface area contributed by atoms with Gasteiger partial charge in [0.2, 0.25) is 10.0 Å². The molecule has 1 rings (SSSR count). The Morgan fingerprint density at radius 2 is 1.81 bits per heavy atom. The Morgan fingerprint density at radius 3 is 2.29 bits per heavy atom. The highest BCUT2D eigenvalue weighted by atomic mass is 32.2. The largest absolute Gasteiger partial charge is 0.492 e. The molecule has 0 bridgehead atoms. The third kappa shape index (κ3) is 4.43. The number of benzene rings is 1. The van der Waals surface area contributed by atoms with Crippen molar-refractivity contribution < 1.29 is 13.2 Å². The van der Waals surface area contributed by atoms with Crippen molar-refractivity contribution in [1.29, 1.82) is 0 Å². The van der Waals surface area contributed by atoms with E-state index in [9.17, 15) is 8.42 Å². The molecule has 0 aliphatic carbocycles. The average molecular weight is 314 g/mol. The molecule has 1 aromatic rings. The SMILES string of the molecule is CCC(C)(C)N(C)S(=O)(=O)c1ccc(OCCNC)cc1. The normalized spacial score (nSPS) is 12.7. The molecule has 1 N–H and O–H groups in total. The second-order valence-electron chi connectivity index (χ2n) is 5.56.